The smallest absolute Gasteiger partial charge is 0.462 e. The normalized spacial score (nSPS) is 14.4. The molecule has 0 heterocycles. The third-order valence-corrected chi connectivity index (χ3v) is 18.5. The average Bonchev–Trinajstić information content (AvgIpc) is 0.985. The highest BCUT2D eigenvalue weighted by Crippen LogP contribution is 2.45. The van der Waals surface area contributed by atoms with Crippen LogP contribution in [0.2, 0.25) is 0 Å². The zero-order valence-electron chi connectivity index (χ0n) is 63.1. The fraction of sp³-hybridized carbons (Fsp3) is 0.753. The van der Waals surface area contributed by atoms with Crippen molar-refractivity contribution in [3.05, 3.63) is 97.2 Å². The molecule has 0 aliphatic carbocycles. The number of carbonyl (C=O) groups excluding carboxylic acids is 4. The summed E-state index contributed by atoms with van der Waals surface area (Å²) in [6.07, 6.45) is 76.9. The van der Waals surface area contributed by atoms with Gasteiger partial charge in [0.05, 0.1) is 26.4 Å². The Labute approximate surface area is 607 Å². The maximum absolute atomic E-state index is 13.1. The van der Waals surface area contributed by atoms with E-state index >= 15 is 0 Å². The summed E-state index contributed by atoms with van der Waals surface area (Å²) in [5.41, 5.74) is 0. The second-order valence-electron chi connectivity index (χ2n) is 26.3. The van der Waals surface area contributed by atoms with Crippen molar-refractivity contribution >= 4 is 39.5 Å². The van der Waals surface area contributed by atoms with Crippen LogP contribution < -0.4 is 0 Å². The molecule has 0 bridgehead atoms. The Kier molecular flexibility index (Phi) is 70.4. The van der Waals surface area contributed by atoms with Crippen molar-refractivity contribution in [2.45, 2.75) is 354 Å². The molecule has 17 nitrogen and oxygen atoms in total. The van der Waals surface area contributed by atoms with Gasteiger partial charge in [0.15, 0.2) is 12.2 Å². The van der Waals surface area contributed by atoms with E-state index in [-0.39, 0.29) is 25.7 Å². The predicted molar refractivity (Wildman–Crippen MR) is 409 cm³/mol. The molecule has 0 aromatic rings. The molecule has 578 valence electrons. The second kappa shape index (κ2) is 73.3. The first-order valence-electron chi connectivity index (χ1n) is 39.5. The monoisotopic (exact) mass is 1450 g/mol. The number of rotatable bonds is 74. The van der Waals surface area contributed by atoms with Gasteiger partial charge in [-0.15, -0.1) is 0 Å². The molecule has 0 amide bonds. The maximum Gasteiger partial charge on any atom is 0.472 e. The first kappa shape index (κ1) is 96.0. The lowest BCUT2D eigenvalue weighted by Crippen LogP contribution is -2.30. The fourth-order valence-electron chi connectivity index (χ4n) is 10.6. The number of aliphatic hydroxyl groups is 1. The molecule has 3 N–H and O–H groups in total. The zero-order valence-corrected chi connectivity index (χ0v) is 64.9. The SMILES string of the molecule is CC/C=C\C/C=C\C/C=C\C/C=C\C/C=C\C/C=C\CCC(=O)OCC(COP(=O)(O)OCC(O)COP(=O)(O)OCC(COC(=O)CCCCCCCCCCCCCCCCC)OC(=O)CCCCCCCCCCCCC)OC(=O)CCCCCCC/C=C\C/C=C\CCCCC. The van der Waals surface area contributed by atoms with E-state index in [0.29, 0.717) is 32.1 Å². The van der Waals surface area contributed by atoms with Gasteiger partial charge in [0.25, 0.3) is 0 Å². The topological polar surface area (TPSA) is 237 Å². The maximum atomic E-state index is 13.1. The summed E-state index contributed by atoms with van der Waals surface area (Å²) in [5, 5.41) is 10.6. The first-order chi connectivity index (χ1) is 48.7. The van der Waals surface area contributed by atoms with Crippen molar-refractivity contribution in [2.24, 2.45) is 0 Å². The number of hydrogen-bond acceptors (Lipinski definition) is 15. The lowest BCUT2D eigenvalue weighted by Gasteiger charge is -2.21. The van der Waals surface area contributed by atoms with Gasteiger partial charge in [-0.25, -0.2) is 9.13 Å². The summed E-state index contributed by atoms with van der Waals surface area (Å²) >= 11 is 0. The van der Waals surface area contributed by atoms with E-state index in [9.17, 15) is 43.2 Å². The summed E-state index contributed by atoms with van der Waals surface area (Å²) in [4.78, 5) is 72.9. The van der Waals surface area contributed by atoms with Crippen LogP contribution in [0, 0.1) is 0 Å². The van der Waals surface area contributed by atoms with Crippen LogP contribution in [0.1, 0.15) is 336 Å². The molecular formula is C81H142O17P2. The molecule has 5 atom stereocenters. The van der Waals surface area contributed by atoms with Crippen molar-refractivity contribution in [1.29, 1.82) is 0 Å². The number of carbonyl (C=O) groups is 4. The molecule has 0 saturated carbocycles. The molecule has 0 aromatic carbocycles. The van der Waals surface area contributed by atoms with Crippen molar-refractivity contribution in [1.82, 2.24) is 0 Å². The average molecular weight is 1450 g/mol. The van der Waals surface area contributed by atoms with Crippen molar-refractivity contribution in [3.63, 3.8) is 0 Å². The molecule has 0 fully saturated rings. The highest BCUT2D eigenvalue weighted by atomic mass is 31.2. The van der Waals surface area contributed by atoms with E-state index in [1.54, 1.807) is 0 Å². The molecule has 0 rings (SSSR count). The second-order valence-corrected chi connectivity index (χ2v) is 29.2. The molecule has 0 aliphatic heterocycles. The minimum Gasteiger partial charge on any atom is -0.462 e. The number of phosphoric ester groups is 2. The van der Waals surface area contributed by atoms with E-state index in [2.05, 4.69) is 107 Å². The lowest BCUT2D eigenvalue weighted by atomic mass is 10.0. The molecule has 0 aliphatic rings. The van der Waals surface area contributed by atoms with Gasteiger partial charge in [-0.2, -0.15) is 0 Å². The Morgan fingerprint density at radius 2 is 0.540 bits per heavy atom. The Bertz CT molecular complexity index is 2270. The summed E-state index contributed by atoms with van der Waals surface area (Å²) in [7, 11) is -9.96. The Morgan fingerprint density at radius 1 is 0.290 bits per heavy atom. The quantitative estimate of drug-likeness (QED) is 0.0169. The van der Waals surface area contributed by atoms with E-state index in [1.165, 1.54) is 128 Å². The van der Waals surface area contributed by atoms with Crippen molar-refractivity contribution in [3.8, 4) is 0 Å². The third-order valence-electron chi connectivity index (χ3n) is 16.6. The molecular weight excluding hydrogens is 1310 g/mol. The van der Waals surface area contributed by atoms with Gasteiger partial charge in [-0.1, -0.05) is 311 Å². The van der Waals surface area contributed by atoms with E-state index in [0.717, 1.165) is 122 Å². The number of ether oxygens (including phenoxy) is 4. The van der Waals surface area contributed by atoms with Gasteiger partial charge in [-0.3, -0.25) is 37.3 Å². The fourth-order valence-corrected chi connectivity index (χ4v) is 12.2. The van der Waals surface area contributed by atoms with Crippen molar-refractivity contribution in [2.75, 3.05) is 39.6 Å². The lowest BCUT2D eigenvalue weighted by molar-refractivity contribution is -0.161. The van der Waals surface area contributed by atoms with Crippen LogP contribution in [0.5, 0.6) is 0 Å². The Morgan fingerprint density at radius 3 is 0.880 bits per heavy atom. The summed E-state index contributed by atoms with van der Waals surface area (Å²) < 4.78 is 68.4. The van der Waals surface area contributed by atoms with E-state index < -0.39 is 97.5 Å². The minimum absolute atomic E-state index is 0.0334. The van der Waals surface area contributed by atoms with Crippen LogP contribution in [0.15, 0.2) is 97.2 Å². The number of allylic oxidation sites excluding steroid dienone is 16. The van der Waals surface area contributed by atoms with Gasteiger partial charge in [0.2, 0.25) is 0 Å². The molecule has 0 aromatic heterocycles. The molecule has 5 unspecified atom stereocenters. The Balaban J connectivity index is 5.38. The molecule has 0 spiro atoms. The first-order valence-corrected chi connectivity index (χ1v) is 42.5. The van der Waals surface area contributed by atoms with Crippen LogP contribution in [-0.2, 0) is 65.4 Å². The number of hydrogen-bond donors (Lipinski definition) is 3. The molecule has 0 radical (unpaired) electrons. The standard InChI is InChI=1S/C81H142O17P2/c1-5-9-13-17-21-25-29-32-35-36-37-38-41-43-47-50-54-58-62-66-79(84)92-72-77(98-81(86)68-64-60-56-52-48-44-40-34-31-27-23-19-15-11-7-3)74-96-100(89,90)94-70-75(82)69-93-99(87,88)95-73-76(97-80(85)67-63-59-55-51-45-28-24-20-16-12-8-4)71-91-78(83)65-61-57-53-49-46-42-39-33-30-26-22-18-14-10-6-2/h9,13,21,23,25,27,32,34-35,37-38,40,43,47,54,58,75-77,82H,5-8,10-12,14-20,22,24,26,28-31,33,36,39,41-42,44-46,48-53,55-57,59-74H2,1-4H3,(H,87,88)(H,89,90)/b13-9-,25-21-,27-23-,35-32-,38-37-,40-34-,47-43-,58-54-. The number of aliphatic hydroxyl groups excluding tert-OH is 1. The van der Waals surface area contributed by atoms with Crippen LogP contribution in [-0.4, -0.2) is 96.7 Å². The van der Waals surface area contributed by atoms with Crippen molar-refractivity contribution < 1.29 is 80.2 Å². The van der Waals surface area contributed by atoms with Crippen LogP contribution in [0.4, 0.5) is 0 Å². The predicted octanol–water partition coefficient (Wildman–Crippen LogP) is 22.8. The number of phosphoric acid groups is 2. The van der Waals surface area contributed by atoms with Crippen LogP contribution >= 0.6 is 15.6 Å². The minimum atomic E-state index is -4.99. The van der Waals surface area contributed by atoms with Gasteiger partial charge >= 0.3 is 39.5 Å². The highest BCUT2D eigenvalue weighted by molar-refractivity contribution is 7.47. The molecule has 100 heavy (non-hydrogen) atoms. The summed E-state index contributed by atoms with van der Waals surface area (Å²) in [6.45, 7) is 4.67. The molecule has 19 heteroatoms. The summed E-state index contributed by atoms with van der Waals surface area (Å²) in [6, 6.07) is 0. The van der Waals surface area contributed by atoms with Crippen LogP contribution in [0.25, 0.3) is 0 Å². The van der Waals surface area contributed by atoms with Gasteiger partial charge < -0.3 is 33.8 Å². The number of esters is 4. The van der Waals surface area contributed by atoms with Gasteiger partial charge in [0.1, 0.15) is 19.3 Å². The third kappa shape index (κ3) is 72.3. The zero-order chi connectivity index (χ0) is 73.2. The van der Waals surface area contributed by atoms with Crippen LogP contribution in [0.3, 0.4) is 0 Å². The van der Waals surface area contributed by atoms with Gasteiger partial charge in [-0.05, 0) is 96.3 Å². The van der Waals surface area contributed by atoms with E-state index in [4.69, 9.17) is 37.0 Å². The largest absolute Gasteiger partial charge is 0.472 e. The van der Waals surface area contributed by atoms with E-state index in [1.807, 2.05) is 18.2 Å². The van der Waals surface area contributed by atoms with Gasteiger partial charge in [0, 0.05) is 25.7 Å². The highest BCUT2D eigenvalue weighted by Gasteiger charge is 2.30. The Hall–Kier alpha value is -4.02. The molecule has 0 saturated heterocycles. The number of unbranched alkanes of at least 4 members (excludes halogenated alkanes) is 32. The summed E-state index contributed by atoms with van der Waals surface area (Å²) in [5.74, 6) is -2.27.